The molecule has 0 radical (unpaired) electrons. The van der Waals surface area contributed by atoms with Crippen LogP contribution in [-0.4, -0.2) is 22.4 Å². The molecule has 5 nitrogen and oxygen atoms in total. The summed E-state index contributed by atoms with van der Waals surface area (Å²) in [4.78, 5) is 28.5. The molecule has 0 saturated heterocycles. The summed E-state index contributed by atoms with van der Waals surface area (Å²) in [6.07, 6.45) is 1.52. The third kappa shape index (κ3) is 4.67. The van der Waals surface area contributed by atoms with Gasteiger partial charge in [0, 0.05) is 17.5 Å². The smallest absolute Gasteiger partial charge is 0.250 e. The molecule has 2 rings (SSSR count). The van der Waals surface area contributed by atoms with Crippen LogP contribution in [0.1, 0.15) is 22.8 Å². The van der Waals surface area contributed by atoms with E-state index in [4.69, 9.17) is 0 Å². The lowest BCUT2D eigenvalue weighted by atomic mass is 9.97. The molecule has 1 N–H and O–H groups in total. The van der Waals surface area contributed by atoms with Gasteiger partial charge < -0.3 is 5.32 Å². The number of hydrogen-bond acceptors (Lipinski definition) is 5. The van der Waals surface area contributed by atoms with Gasteiger partial charge in [0.2, 0.25) is 0 Å². The first-order chi connectivity index (χ1) is 11.7. The Labute approximate surface area is 145 Å². The van der Waals surface area contributed by atoms with Crippen LogP contribution < -0.4 is 5.32 Å². The highest BCUT2D eigenvalue weighted by molar-refractivity contribution is 7.98. The molecule has 122 valence electrons. The van der Waals surface area contributed by atoms with Crippen molar-refractivity contribution in [3.63, 3.8) is 0 Å². The number of Topliss-reactive ketones (excluding diaryl/α,β-unsaturated/α-hetero) is 1. The zero-order valence-corrected chi connectivity index (χ0v) is 14.0. The van der Waals surface area contributed by atoms with E-state index in [9.17, 15) is 14.9 Å². The third-order valence-electron chi connectivity index (χ3n) is 3.28. The number of benzene rings is 1. The second-order valence-electron chi connectivity index (χ2n) is 4.96. The van der Waals surface area contributed by atoms with Crippen LogP contribution >= 0.6 is 11.8 Å². The summed E-state index contributed by atoms with van der Waals surface area (Å²) in [5.41, 5.74) is 1.45. The number of rotatable bonds is 7. The zero-order valence-electron chi connectivity index (χ0n) is 13.2. The van der Waals surface area contributed by atoms with Crippen LogP contribution in [0.25, 0.3) is 0 Å². The molecule has 1 heterocycles. The van der Waals surface area contributed by atoms with Crippen molar-refractivity contribution < 1.29 is 9.59 Å². The van der Waals surface area contributed by atoms with Gasteiger partial charge in [-0.25, -0.2) is 4.98 Å². The molecule has 6 heteroatoms. The van der Waals surface area contributed by atoms with Gasteiger partial charge in [-0.15, -0.1) is 0 Å². The number of pyridine rings is 1. The first-order valence-electron chi connectivity index (χ1n) is 7.48. The van der Waals surface area contributed by atoms with Gasteiger partial charge in [-0.1, -0.05) is 37.3 Å². The van der Waals surface area contributed by atoms with Crippen LogP contribution in [-0.2, 0) is 10.5 Å². The van der Waals surface area contributed by atoms with Crippen LogP contribution in [0.2, 0.25) is 0 Å². The van der Waals surface area contributed by atoms with E-state index in [1.807, 2.05) is 12.1 Å². The molecule has 0 unspecified atom stereocenters. The molecular weight excluding hydrogens is 322 g/mol. The summed E-state index contributed by atoms with van der Waals surface area (Å²) >= 11 is 1.78. The minimum Gasteiger partial charge on any atom is -0.309 e. The summed E-state index contributed by atoms with van der Waals surface area (Å²) in [7, 11) is 0. The number of carbonyl (C=O) groups is 2. The number of nitriles is 1. The molecule has 1 aromatic heterocycles. The molecule has 2 aromatic rings. The maximum atomic E-state index is 12.4. The minimum absolute atomic E-state index is 0.308. The van der Waals surface area contributed by atoms with Gasteiger partial charge in [-0.05, 0) is 23.4 Å². The van der Waals surface area contributed by atoms with Crippen LogP contribution in [0.15, 0.2) is 48.7 Å². The molecule has 0 aliphatic rings. The highest BCUT2D eigenvalue weighted by Gasteiger charge is 2.27. The van der Waals surface area contributed by atoms with E-state index in [1.54, 1.807) is 48.2 Å². The summed E-state index contributed by atoms with van der Waals surface area (Å²) in [5, 5.41) is 11.7. The SMILES string of the molecule is CCSCc1ccc(C(=O)[C@H](C#N)C(=O)Nc2ccccn2)cc1. The fourth-order valence-corrected chi connectivity index (χ4v) is 2.66. The number of thioether (sulfide) groups is 1. The Morgan fingerprint density at radius 3 is 2.58 bits per heavy atom. The van der Waals surface area contributed by atoms with E-state index in [0.29, 0.717) is 11.4 Å². The van der Waals surface area contributed by atoms with Gasteiger partial charge in [0.1, 0.15) is 5.82 Å². The normalized spacial score (nSPS) is 11.3. The minimum atomic E-state index is -1.40. The molecule has 0 aliphatic heterocycles. The topological polar surface area (TPSA) is 82.8 Å². The average molecular weight is 339 g/mol. The quantitative estimate of drug-likeness (QED) is 0.618. The molecular formula is C18H17N3O2S. The Bertz CT molecular complexity index is 739. The van der Waals surface area contributed by atoms with E-state index in [2.05, 4.69) is 17.2 Å². The summed E-state index contributed by atoms with van der Waals surface area (Å²) < 4.78 is 0. The molecule has 1 atom stereocenters. The Hall–Kier alpha value is -2.65. The van der Waals surface area contributed by atoms with Crippen molar-refractivity contribution in [2.45, 2.75) is 12.7 Å². The van der Waals surface area contributed by atoms with Crippen LogP contribution in [0.5, 0.6) is 0 Å². The number of hydrogen-bond donors (Lipinski definition) is 1. The molecule has 0 spiro atoms. The van der Waals surface area contributed by atoms with Gasteiger partial charge in [0.25, 0.3) is 5.91 Å². The lowest BCUT2D eigenvalue weighted by Crippen LogP contribution is -2.29. The predicted molar refractivity (Wildman–Crippen MR) is 94.6 cm³/mol. The number of amides is 1. The number of carbonyl (C=O) groups excluding carboxylic acids is 2. The number of aromatic nitrogens is 1. The summed E-state index contributed by atoms with van der Waals surface area (Å²) in [6.45, 7) is 2.08. The van der Waals surface area contributed by atoms with Crippen molar-refractivity contribution in [2.24, 2.45) is 5.92 Å². The Balaban J connectivity index is 2.08. The standard InChI is InChI=1S/C18H17N3O2S/c1-2-24-12-13-6-8-14(9-7-13)17(22)15(11-19)18(23)21-16-5-3-4-10-20-16/h3-10,15H,2,12H2,1H3,(H,20,21,23)/t15-/m0/s1. The highest BCUT2D eigenvalue weighted by Crippen LogP contribution is 2.16. The Morgan fingerprint density at radius 1 is 1.25 bits per heavy atom. The first-order valence-corrected chi connectivity index (χ1v) is 8.63. The van der Waals surface area contributed by atoms with E-state index in [0.717, 1.165) is 17.1 Å². The fraction of sp³-hybridized carbons (Fsp3) is 0.222. The van der Waals surface area contributed by atoms with Crippen molar-refractivity contribution in [1.82, 2.24) is 4.98 Å². The maximum Gasteiger partial charge on any atom is 0.250 e. The van der Waals surface area contributed by atoms with Crippen molar-refractivity contribution in [2.75, 3.05) is 11.1 Å². The van der Waals surface area contributed by atoms with Crippen molar-refractivity contribution in [3.8, 4) is 6.07 Å². The van der Waals surface area contributed by atoms with Crippen molar-refractivity contribution in [3.05, 3.63) is 59.8 Å². The fourth-order valence-electron chi connectivity index (χ4n) is 2.02. The van der Waals surface area contributed by atoms with Crippen LogP contribution in [0.3, 0.4) is 0 Å². The van der Waals surface area contributed by atoms with E-state index < -0.39 is 17.6 Å². The largest absolute Gasteiger partial charge is 0.309 e. The molecule has 1 amide bonds. The number of nitrogens with one attached hydrogen (secondary N) is 1. The lowest BCUT2D eigenvalue weighted by Gasteiger charge is -2.09. The second kappa shape index (κ2) is 8.85. The molecule has 0 bridgehead atoms. The molecule has 0 saturated carbocycles. The van der Waals surface area contributed by atoms with Crippen LogP contribution in [0, 0.1) is 17.2 Å². The highest BCUT2D eigenvalue weighted by atomic mass is 32.2. The van der Waals surface area contributed by atoms with Gasteiger partial charge in [-0.3, -0.25) is 9.59 Å². The number of ketones is 1. The van der Waals surface area contributed by atoms with Crippen molar-refractivity contribution in [1.29, 1.82) is 5.26 Å². The van der Waals surface area contributed by atoms with Crippen LogP contribution in [0.4, 0.5) is 5.82 Å². The van der Waals surface area contributed by atoms with E-state index >= 15 is 0 Å². The van der Waals surface area contributed by atoms with Gasteiger partial charge >= 0.3 is 0 Å². The maximum absolute atomic E-state index is 12.4. The zero-order chi connectivity index (χ0) is 17.4. The number of anilines is 1. The monoisotopic (exact) mass is 339 g/mol. The number of nitrogens with zero attached hydrogens (tertiary/aromatic N) is 2. The van der Waals surface area contributed by atoms with Gasteiger partial charge in [-0.2, -0.15) is 17.0 Å². The van der Waals surface area contributed by atoms with Crippen molar-refractivity contribution >= 4 is 29.3 Å². The summed E-state index contributed by atoms with van der Waals surface area (Å²) in [5.74, 6) is -0.393. The molecule has 24 heavy (non-hydrogen) atoms. The molecule has 0 aliphatic carbocycles. The van der Waals surface area contributed by atoms with E-state index in [1.165, 1.54) is 6.20 Å². The first kappa shape index (κ1) is 17.7. The Kier molecular flexibility index (Phi) is 6.52. The molecule has 1 aromatic carbocycles. The van der Waals surface area contributed by atoms with Gasteiger partial charge in [0.05, 0.1) is 6.07 Å². The third-order valence-corrected chi connectivity index (χ3v) is 4.23. The Morgan fingerprint density at radius 2 is 2.00 bits per heavy atom. The summed E-state index contributed by atoms with van der Waals surface area (Å²) in [6, 6.07) is 13.8. The average Bonchev–Trinajstić information content (AvgIpc) is 2.61. The van der Waals surface area contributed by atoms with E-state index in [-0.39, 0.29) is 0 Å². The predicted octanol–water partition coefficient (Wildman–Crippen LogP) is 3.30. The van der Waals surface area contributed by atoms with Gasteiger partial charge in [0.15, 0.2) is 11.7 Å². The second-order valence-corrected chi connectivity index (χ2v) is 6.24. The molecule has 0 fully saturated rings. The lowest BCUT2D eigenvalue weighted by molar-refractivity contribution is -0.117.